The Morgan fingerprint density at radius 1 is 1.20 bits per heavy atom. The maximum absolute atomic E-state index is 13.4. The molecule has 1 aromatic rings. The smallest absolute Gasteiger partial charge is 0.230 e. The molecule has 0 spiro atoms. The number of carbonyl (C=O) groups is 1. The average molecular weight is 281 g/mol. The van der Waals surface area contributed by atoms with E-state index in [1.165, 1.54) is 30.6 Å². The normalized spacial score (nSPS) is 22.5. The summed E-state index contributed by atoms with van der Waals surface area (Å²) in [5, 5.41) is 2.64. The van der Waals surface area contributed by atoms with E-state index in [-0.39, 0.29) is 17.4 Å². The fraction of sp³-hybridized carbons (Fsp3) is 0.533. The highest BCUT2D eigenvalue weighted by Gasteiger charge is 2.21. The standard InChI is InChI=1S/C15H22FN3O/c1-2-18-9-11-19(12-10-18)8-7-15(20)17-14-6-4-3-5-13(14)16/h3-6H,2,7-12H2,1H3,(H,17,20)/p+2. The molecule has 0 bridgehead atoms. The van der Waals surface area contributed by atoms with Crippen LogP contribution in [0.15, 0.2) is 24.3 Å². The summed E-state index contributed by atoms with van der Waals surface area (Å²) in [5.74, 6) is -0.485. The average Bonchev–Trinajstić information content (AvgIpc) is 2.48. The van der Waals surface area contributed by atoms with Crippen LogP contribution in [0.3, 0.4) is 0 Å². The lowest BCUT2D eigenvalue weighted by atomic mass is 10.2. The molecule has 0 saturated carbocycles. The molecular formula is C15H24FN3O+2. The minimum Gasteiger partial charge on any atom is -0.326 e. The second kappa shape index (κ2) is 7.36. The van der Waals surface area contributed by atoms with E-state index in [9.17, 15) is 9.18 Å². The number of hydrogen-bond donors (Lipinski definition) is 3. The van der Waals surface area contributed by atoms with Gasteiger partial charge < -0.3 is 15.1 Å². The van der Waals surface area contributed by atoms with Crippen LogP contribution in [0.4, 0.5) is 10.1 Å². The summed E-state index contributed by atoms with van der Waals surface area (Å²) in [4.78, 5) is 15.0. The van der Waals surface area contributed by atoms with E-state index in [4.69, 9.17) is 0 Å². The lowest BCUT2D eigenvalue weighted by molar-refractivity contribution is -1.01. The van der Waals surface area contributed by atoms with Gasteiger partial charge in [0.2, 0.25) is 5.91 Å². The molecule has 4 nitrogen and oxygen atoms in total. The molecule has 1 heterocycles. The Morgan fingerprint density at radius 3 is 2.50 bits per heavy atom. The van der Waals surface area contributed by atoms with Crippen LogP contribution in [-0.4, -0.2) is 45.2 Å². The Labute approximate surface area is 119 Å². The zero-order valence-corrected chi connectivity index (χ0v) is 12.0. The van der Waals surface area contributed by atoms with E-state index in [1.807, 2.05) is 0 Å². The van der Waals surface area contributed by atoms with Crippen molar-refractivity contribution in [1.82, 2.24) is 0 Å². The first-order valence-electron chi connectivity index (χ1n) is 7.40. The van der Waals surface area contributed by atoms with Crippen LogP contribution in [0.2, 0.25) is 0 Å². The van der Waals surface area contributed by atoms with Crippen LogP contribution in [0.5, 0.6) is 0 Å². The van der Waals surface area contributed by atoms with Gasteiger partial charge >= 0.3 is 0 Å². The summed E-state index contributed by atoms with van der Waals surface area (Å²) in [5.41, 5.74) is 0.271. The zero-order chi connectivity index (χ0) is 14.4. The summed E-state index contributed by atoms with van der Waals surface area (Å²) < 4.78 is 13.4. The van der Waals surface area contributed by atoms with Gasteiger partial charge in [0.15, 0.2) is 0 Å². The summed E-state index contributed by atoms with van der Waals surface area (Å²) in [6.45, 7) is 8.83. The number of piperazine rings is 1. The number of amides is 1. The molecule has 1 aromatic carbocycles. The molecule has 110 valence electrons. The number of anilines is 1. The highest BCUT2D eigenvalue weighted by molar-refractivity contribution is 5.90. The summed E-state index contributed by atoms with van der Waals surface area (Å²) >= 11 is 0. The molecule has 0 atom stereocenters. The van der Waals surface area contributed by atoms with Gasteiger partial charge in [-0.25, -0.2) is 4.39 Å². The molecule has 1 aliphatic rings. The number of benzene rings is 1. The zero-order valence-electron chi connectivity index (χ0n) is 12.0. The first kappa shape index (κ1) is 14.9. The number of para-hydroxylation sites is 1. The molecule has 5 heteroatoms. The lowest BCUT2D eigenvalue weighted by Crippen LogP contribution is -3.28. The van der Waals surface area contributed by atoms with Gasteiger partial charge in [0.25, 0.3) is 0 Å². The van der Waals surface area contributed by atoms with Crippen LogP contribution >= 0.6 is 0 Å². The number of carbonyl (C=O) groups excluding carboxylic acids is 1. The van der Waals surface area contributed by atoms with Gasteiger partial charge in [-0.05, 0) is 19.1 Å². The van der Waals surface area contributed by atoms with Crippen LogP contribution in [0.25, 0.3) is 0 Å². The van der Waals surface area contributed by atoms with Crippen molar-refractivity contribution in [2.75, 3.05) is 44.6 Å². The lowest BCUT2D eigenvalue weighted by Gasteiger charge is -2.28. The van der Waals surface area contributed by atoms with E-state index < -0.39 is 0 Å². The fourth-order valence-corrected chi connectivity index (χ4v) is 2.63. The summed E-state index contributed by atoms with van der Waals surface area (Å²) in [7, 11) is 0. The largest absolute Gasteiger partial charge is 0.326 e. The number of rotatable bonds is 5. The van der Waals surface area contributed by atoms with Crippen LogP contribution in [-0.2, 0) is 4.79 Å². The van der Waals surface area contributed by atoms with E-state index in [1.54, 1.807) is 23.1 Å². The number of nitrogens with one attached hydrogen (secondary N) is 3. The fourth-order valence-electron chi connectivity index (χ4n) is 2.63. The Hall–Kier alpha value is -1.46. The van der Waals surface area contributed by atoms with Crippen LogP contribution in [0.1, 0.15) is 13.3 Å². The van der Waals surface area contributed by atoms with Gasteiger partial charge in [-0.15, -0.1) is 0 Å². The third-order valence-corrected chi connectivity index (χ3v) is 4.02. The van der Waals surface area contributed by atoms with Crippen LogP contribution in [0, 0.1) is 5.82 Å². The van der Waals surface area contributed by atoms with Gasteiger partial charge in [-0.3, -0.25) is 4.79 Å². The molecule has 1 fully saturated rings. The van der Waals surface area contributed by atoms with Crippen molar-refractivity contribution in [2.24, 2.45) is 0 Å². The van der Waals surface area contributed by atoms with Crippen molar-refractivity contribution in [3.8, 4) is 0 Å². The van der Waals surface area contributed by atoms with Crippen molar-refractivity contribution >= 4 is 11.6 Å². The Morgan fingerprint density at radius 2 is 1.85 bits per heavy atom. The molecule has 0 radical (unpaired) electrons. The third kappa shape index (κ3) is 4.28. The first-order valence-corrected chi connectivity index (χ1v) is 7.40. The van der Waals surface area contributed by atoms with E-state index in [0.717, 1.165) is 19.6 Å². The van der Waals surface area contributed by atoms with Crippen molar-refractivity contribution < 1.29 is 19.0 Å². The quantitative estimate of drug-likeness (QED) is 0.634. The summed E-state index contributed by atoms with van der Waals surface area (Å²) in [6, 6.07) is 6.28. The Balaban J connectivity index is 1.72. The molecule has 0 aromatic heterocycles. The minimum absolute atomic E-state index is 0.104. The molecule has 1 saturated heterocycles. The minimum atomic E-state index is -0.381. The third-order valence-electron chi connectivity index (χ3n) is 4.02. The van der Waals surface area contributed by atoms with Crippen molar-refractivity contribution in [3.05, 3.63) is 30.1 Å². The maximum atomic E-state index is 13.4. The summed E-state index contributed by atoms with van der Waals surface area (Å²) in [6.07, 6.45) is 0.450. The monoisotopic (exact) mass is 281 g/mol. The molecule has 20 heavy (non-hydrogen) atoms. The predicted molar refractivity (Wildman–Crippen MR) is 76.4 cm³/mol. The van der Waals surface area contributed by atoms with Gasteiger partial charge in [-0.1, -0.05) is 12.1 Å². The van der Waals surface area contributed by atoms with E-state index >= 15 is 0 Å². The number of halogens is 1. The number of likely N-dealkylation sites (N-methyl/N-ethyl adjacent to an activating group) is 1. The van der Waals surface area contributed by atoms with Crippen LogP contribution < -0.4 is 15.1 Å². The van der Waals surface area contributed by atoms with Gasteiger partial charge in [-0.2, -0.15) is 0 Å². The topological polar surface area (TPSA) is 38.0 Å². The molecule has 2 rings (SSSR count). The first-order chi connectivity index (χ1) is 9.69. The molecule has 0 unspecified atom stereocenters. The number of quaternary nitrogens is 2. The van der Waals surface area contributed by atoms with Crippen molar-refractivity contribution in [3.63, 3.8) is 0 Å². The van der Waals surface area contributed by atoms with Crippen molar-refractivity contribution in [2.45, 2.75) is 13.3 Å². The highest BCUT2D eigenvalue weighted by atomic mass is 19.1. The van der Waals surface area contributed by atoms with Gasteiger partial charge in [0.1, 0.15) is 32.0 Å². The maximum Gasteiger partial charge on any atom is 0.230 e. The molecule has 3 N–H and O–H groups in total. The second-order valence-electron chi connectivity index (χ2n) is 5.38. The Bertz CT molecular complexity index is 444. The second-order valence-corrected chi connectivity index (χ2v) is 5.38. The Kier molecular flexibility index (Phi) is 5.49. The molecular weight excluding hydrogens is 257 g/mol. The molecule has 1 amide bonds. The van der Waals surface area contributed by atoms with Gasteiger partial charge in [0.05, 0.1) is 25.2 Å². The highest BCUT2D eigenvalue weighted by Crippen LogP contribution is 2.12. The molecule has 1 aliphatic heterocycles. The molecule has 0 aliphatic carbocycles. The SMILES string of the molecule is CC[NH+]1CC[NH+](CCC(=O)Nc2ccccc2F)CC1. The van der Waals surface area contributed by atoms with E-state index in [2.05, 4.69) is 12.2 Å². The van der Waals surface area contributed by atoms with Gasteiger partial charge in [0, 0.05) is 0 Å². The predicted octanol–water partition coefficient (Wildman–Crippen LogP) is -1.04. The van der Waals surface area contributed by atoms with E-state index in [0.29, 0.717) is 6.42 Å². The van der Waals surface area contributed by atoms with Crippen molar-refractivity contribution in [1.29, 1.82) is 0 Å². The number of hydrogen-bond acceptors (Lipinski definition) is 1.